The van der Waals surface area contributed by atoms with Gasteiger partial charge in [-0.3, -0.25) is 4.79 Å². The molecule has 6 heteroatoms. The van der Waals surface area contributed by atoms with E-state index in [0.29, 0.717) is 10.8 Å². The summed E-state index contributed by atoms with van der Waals surface area (Å²) in [6.45, 7) is 1.94. The average molecular weight is 238 g/mol. The largest absolute Gasteiger partial charge is 0.389 e. The summed E-state index contributed by atoms with van der Waals surface area (Å²) >= 11 is 4.90. The molecule has 0 atom stereocenters. The number of primary amides is 1. The highest BCUT2D eigenvalue weighted by atomic mass is 32.1. The molecule has 1 rings (SSSR count). The Balaban J connectivity index is 3.04. The maximum atomic E-state index is 10.8. The lowest BCUT2D eigenvalue weighted by atomic mass is 10.2. The van der Waals surface area contributed by atoms with Crippen LogP contribution < -0.4 is 16.4 Å². The van der Waals surface area contributed by atoms with Gasteiger partial charge in [0.25, 0.3) is 0 Å². The molecular weight excluding hydrogens is 224 g/mol. The SMILES string of the molecule is Cc1cc(C(N)=S)cc(N(C)CC(N)=O)n1. The van der Waals surface area contributed by atoms with Gasteiger partial charge in [0.2, 0.25) is 5.91 Å². The van der Waals surface area contributed by atoms with E-state index in [1.165, 1.54) is 0 Å². The topological polar surface area (TPSA) is 85.2 Å². The Morgan fingerprint density at radius 2 is 2.12 bits per heavy atom. The van der Waals surface area contributed by atoms with Gasteiger partial charge in [-0.1, -0.05) is 12.2 Å². The third-order valence-corrected chi connectivity index (χ3v) is 2.24. The lowest BCUT2D eigenvalue weighted by Crippen LogP contribution is -2.31. The lowest BCUT2D eigenvalue weighted by Gasteiger charge is -2.17. The molecule has 0 saturated carbocycles. The van der Waals surface area contributed by atoms with Crippen LogP contribution in [0.3, 0.4) is 0 Å². The highest BCUT2D eigenvalue weighted by molar-refractivity contribution is 7.80. The van der Waals surface area contributed by atoms with Crippen LogP contribution in [0, 0.1) is 6.92 Å². The zero-order valence-electron chi connectivity index (χ0n) is 9.23. The Kier molecular flexibility index (Phi) is 3.78. The van der Waals surface area contributed by atoms with E-state index in [0.717, 1.165) is 11.3 Å². The van der Waals surface area contributed by atoms with Gasteiger partial charge in [0, 0.05) is 18.3 Å². The Hall–Kier alpha value is -1.69. The second-order valence-electron chi connectivity index (χ2n) is 3.54. The van der Waals surface area contributed by atoms with Gasteiger partial charge in [-0.25, -0.2) is 4.98 Å². The molecule has 16 heavy (non-hydrogen) atoms. The zero-order chi connectivity index (χ0) is 12.3. The molecule has 0 aliphatic rings. The van der Waals surface area contributed by atoms with Crippen LogP contribution in [-0.2, 0) is 4.79 Å². The van der Waals surface area contributed by atoms with E-state index in [-0.39, 0.29) is 6.54 Å². The first kappa shape index (κ1) is 12.4. The highest BCUT2D eigenvalue weighted by Gasteiger charge is 2.08. The summed E-state index contributed by atoms with van der Waals surface area (Å²) in [5.74, 6) is 0.212. The minimum absolute atomic E-state index is 0.104. The van der Waals surface area contributed by atoms with Crippen molar-refractivity contribution in [1.82, 2.24) is 4.98 Å². The summed E-state index contributed by atoms with van der Waals surface area (Å²) in [6.07, 6.45) is 0. The van der Waals surface area contributed by atoms with Gasteiger partial charge in [-0.15, -0.1) is 0 Å². The predicted molar refractivity (Wildman–Crippen MR) is 67.3 cm³/mol. The molecule has 4 N–H and O–H groups in total. The Morgan fingerprint density at radius 3 is 2.62 bits per heavy atom. The number of amides is 1. The first-order valence-corrected chi connectivity index (χ1v) is 5.09. The van der Waals surface area contributed by atoms with Crippen LogP contribution in [0.4, 0.5) is 5.82 Å². The number of thiocarbonyl (C=S) groups is 1. The number of hydrogen-bond acceptors (Lipinski definition) is 4. The summed E-state index contributed by atoms with van der Waals surface area (Å²) in [5.41, 5.74) is 12.2. The average Bonchev–Trinajstić information content (AvgIpc) is 2.15. The molecule has 0 aliphatic carbocycles. The number of likely N-dealkylation sites (N-methyl/N-ethyl adjacent to an activating group) is 1. The van der Waals surface area contributed by atoms with Crippen molar-refractivity contribution in [2.24, 2.45) is 11.5 Å². The summed E-state index contributed by atoms with van der Waals surface area (Å²) in [6, 6.07) is 3.53. The summed E-state index contributed by atoms with van der Waals surface area (Å²) in [7, 11) is 1.73. The van der Waals surface area contributed by atoms with Crippen LogP contribution in [0.2, 0.25) is 0 Å². The number of anilines is 1. The van der Waals surface area contributed by atoms with E-state index < -0.39 is 5.91 Å². The number of nitrogens with two attached hydrogens (primary N) is 2. The number of carbonyl (C=O) groups is 1. The molecule has 5 nitrogen and oxygen atoms in total. The third-order valence-electron chi connectivity index (χ3n) is 2.01. The number of aryl methyl sites for hydroxylation is 1. The predicted octanol–water partition coefficient (Wildman–Crippen LogP) is -0.0543. The zero-order valence-corrected chi connectivity index (χ0v) is 10.0. The molecule has 1 heterocycles. The van der Waals surface area contributed by atoms with E-state index in [4.69, 9.17) is 23.7 Å². The van der Waals surface area contributed by atoms with E-state index in [1.807, 2.05) is 6.92 Å². The Labute approximate surface area is 99.4 Å². The van der Waals surface area contributed by atoms with E-state index >= 15 is 0 Å². The molecule has 1 aromatic rings. The van der Waals surface area contributed by atoms with Crippen molar-refractivity contribution in [2.75, 3.05) is 18.5 Å². The quantitative estimate of drug-likeness (QED) is 0.718. The van der Waals surface area contributed by atoms with Crippen LogP contribution >= 0.6 is 12.2 Å². The van der Waals surface area contributed by atoms with Crippen molar-refractivity contribution >= 4 is 28.9 Å². The highest BCUT2D eigenvalue weighted by Crippen LogP contribution is 2.13. The smallest absolute Gasteiger partial charge is 0.236 e. The molecule has 0 fully saturated rings. The van der Waals surface area contributed by atoms with Gasteiger partial charge >= 0.3 is 0 Å². The van der Waals surface area contributed by atoms with Crippen LogP contribution in [0.1, 0.15) is 11.3 Å². The van der Waals surface area contributed by atoms with Crippen LogP contribution in [0.15, 0.2) is 12.1 Å². The second kappa shape index (κ2) is 4.89. The van der Waals surface area contributed by atoms with Crippen molar-refractivity contribution in [2.45, 2.75) is 6.92 Å². The molecular formula is C10H14N4OS. The minimum Gasteiger partial charge on any atom is -0.389 e. The summed E-state index contributed by atoms with van der Waals surface area (Å²) in [4.78, 5) is 17.0. The van der Waals surface area contributed by atoms with Crippen LogP contribution in [0.5, 0.6) is 0 Å². The molecule has 0 aromatic carbocycles. The second-order valence-corrected chi connectivity index (χ2v) is 3.98. The fourth-order valence-corrected chi connectivity index (χ4v) is 1.42. The first-order chi connectivity index (χ1) is 7.40. The van der Waals surface area contributed by atoms with E-state index in [2.05, 4.69) is 4.98 Å². The maximum Gasteiger partial charge on any atom is 0.236 e. The molecule has 0 saturated heterocycles. The first-order valence-electron chi connectivity index (χ1n) is 4.68. The Bertz CT molecular complexity index is 433. The molecule has 0 aliphatic heterocycles. The maximum absolute atomic E-state index is 10.8. The molecule has 0 bridgehead atoms. The minimum atomic E-state index is -0.414. The fraction of sp³-hybridized carbons (Fsp3) is 0.300. The summed E-state index contributed by atoms with van der Waals surface area (Å²) < 4.78 is 0. The van der Waals surface area contributed by atoms with Gasteiger partial charge in [-0.2, -0.15) is 0 Å². The number of aromatic nitrogens is 1. The number of carbonyl (C=O) groups excluding carboxylic acids is 1. The van der Waals surface area contributed by atoms with Crippen molar-refractivity contribution in [1.29, 1.82) is 0 Å². The molecule has 0 unspecified atom stereocenters. The van der Waals surface area contributed by atoms with Gasteiger partial charge in [0.1, 0.15) is 10.8 Å². The third kappa shape index (κ3) is 3.16. The lowest BCUT2D eigenvalue weighted by molar-refractivity contribution is -0.116. The van der Waals surface area contributed by atoms with Gasteiger partial charge in [0.05, 0.1) is 6.54 Å². The number of nitrogens with zero attached hydrogens (tertiary/aromatic N) is 2. The number of hydrogen-bond donors (Lipinski definition) is 2. The van der Waals surface area contributed by atoms with Crippen molar-refractivity contribution in [3.63, 3.8) is 0 Å². The normalized spacial score (nSPS) is 9.88. The molecule has 0 radical (unpaired) electrons. The van der Waals surface area contributed by atoms with E-state index in [1.54, 1.807) is 24.1 Å². The van der Waals surface area contributed by atoms with E-state index in [9.17, 15) is 4.79 Å². The van der Waals surface area contributed by atoms with Gasteiger partial charge < -0.3 is 16.4 Å². The Morgan fingerprint density at radius 1 is 1.50 bits per heavy atom. The monoisotopic (exact) mass is 238 g/mol. The van der Waals surface area contributed by atoms with Gasteiger partial charge in [-0.05, 0) is 19.1 Å². The summed E-state index contributed by atoms with van der Waals surface area (Å²) in [5, 5.41) is 0. The van der Waals surface area contributed by atoms with Crippen molar-refractivity contribution in [3.8, 4) is 0 Å². The fourth-order valence-electron chi connectivity index (χ4n) is 1.30. The van der Waals surface area contributed by atoms with Gasteiger partial charge in [0.15, 0.2) is 0 Å². The van der Waals surface area contributed by atoms with Crippen LogP contribution in [0.25, 0.3) is 0 Å². The van der Waals surface area contributed by atoms with Crippen molar-refractivity contribution in [3.05, 3.63) is 23.4 Å². The standard InChI is InChI=1S/C10H14N4OS/c1-6-3-7(10(12)16)4-9(13-6)14(2)5-8(11)15/h3-4H,5H2,1-2H3,(H2,11,15)(H2,12,16). The number of pyridine rings is 1. The molecule has 86 valence electrons. The number of rotatable bonds is 4. The molecule has 1 aromatic heterocycles. The van der Waals surface area contributed by atoms with Crippen molar-refractivity contribution < 1.29 is 4.79 Å². The molecule has 0 spiro atoms. The van der Waals surface area contributed by atoms with Crippen LogP contribution in [-0.4, -0.2) is 29.5 Å². The molecule has 1 amide bonds.